The van der Waals surface area contributed by atoms with Crippen molar-refractivity contribution in [1.29, 1.82) is 0 Å². The van der Waals surface area contributed by atoms with Crippen LogP contribution in [0.15, 0.2) is 12.3 Å². The van der Waals surface area contributed by atoms with Crippen molar-refractivity contribution in [1.82, 2.24) is 10.3 Å². The predicted molar refractivity (Wildman–Crippen MR) is 85.9 cm³/mol. The molecule has 0 aromatic carbocycles. The molecule has 120 valence electrons. The first-order valence-corrected chi connectivity index (χ1v) is 8.63. The molecule has 0 aliphatic heterocycles. The van der Waals surface area contributed by atoms with Crippen LogP contribution in [0.5, 0.6) is 5.75 Å². The van der Waals surface area contributed by atoms with Crippen LogP contribution in [0, 0.1) is 5.92 Å². The third kappa shape index (κ3) is 3.60. The SMILES string of the molecule is CC1CCCCC1NC(=O)COc1ccnc2c1CCCC2. The molecule has 0 radical (unpaired) electrons. The number of pyridine rings is 1. The summed E-state index contributed by atoms with van der Waals surface area (Å²) in [6.45, 7) is 2.34. The fraction of sp³-hybridized carbons (Fsp3) is 0.667. The lowest BCUT2D eigenvalue weighted by Gasteiger charge is -2.29. The summed E-state index contributed by atoms with van der Waals surface area (Å²) in [5.74, 6) is 1.42. The highest BCUT2D eigenvalue weighted by atomic mass is 16.5. The predicted octanol–water partition coefficient (Wildman–Crippen LogP) is 3.03. The molecular formula is C18H26N2O2. The minimum atomic E-state index is 0.000113. The zero-order chi connectivity index (χ0) is 15.4. The zero-order valence-electron chi connectivity index (χ0n) is 13.4. The molecule has 1 amide bonds. The number of rotatable bonds is 4. The number of nitrogens with zero attached hydrogens (tertiary/aromatic N) is 1. The molecule has 4 heteroatoms. The Labute approximate surface area is 132 Å². The smallest absolute Gasteiger partial charge is 0.258 e. The summed E-state index contributed by atoms with van der Waals surface area (Å²) < 4.78 is 5.79. The van der Waals surface area contributed by atoms with E-state index in [1.807, 2.05) is 6.07 Å². The van der Waals surface area contributed by atoms with E-state index in [9.17, 15) is 4.79 Å². The quantitative estimate of drug-likeness (QED) is 0.930. The molecular weight excluding hydrogens is 276 g/mol. The van der Waals surface area contributed by atoms with Gasteiger partial charge in [0.25, 0.3) is 5.91 Å². The van der Waals surface area contributed by atoms with Gasteiger partial charge in [-0.15, -0.1) is 0 Å². The van der Waals surface area contributed by atoms with Crippen LogP contribution in [0.25, 0.3) is 0 Å². The second-order valence-corrected chi connectivity index (χ2v) is 6.67. The summed E-state index contributed by atoms with van der Waals surface area (Å²) >= 11 is 0. The molecule has 0 bridgehead atoms. The van der Waals surface area contributed by atoms with Gasteiger partial charge < -0.3 is 10.1 Å². The molecule has 1 N–H and O–H groups in total. The summed E-state index contributed by atoms with van der Waals surface area (Å²) in [5.41, 5.74) is 2.35. The monoisotopic (exact) mass is 302 g/mol. The van der Waals surface area contributed by atoms with E-state index in [4.69, 9.17) is 4.74 Å². The van der Waals surface area contributed by atoms with E-state index in [0.29, 0.717) is 12.0 Å². The molecule has 1 aromatic heterocycles. The number of carbonyl (C=O) groups is 1. The van der Waals surface area contributed by atoms with Crippen molar-refractivity contribution in [2.24, 2.45) is 5.92 Å². The van der Waals surface area contributed by atoms with Crippen LogP contribution >= 0.6 is 0 Å². The van der Waals surface area contributed by atoms with Crippen LogP contribution in [0.4, 0.5) is 0 Å². The lowest BCUT2D eigenvalue weighted by atomic mass is 9.86. The van der Waals surface area contributed by atoms with Gasteiger partial charge >= 0.3 is 0 Å². The van der Waals surface area contributed by atoms with E-state index < -0.39 is 0 Å². The first kappa shape index (κ1) is 15.3. The largest absolute Gasteiger partial charge is 0.483 e. The third-order valence-corrected chi connectivity index (χ3v) is 5.01. The van der Waals surface area contributed by atoms with Gasteiger partial charge in [-0.3, -0.25) is 9.78 Å². The van der Waals surface area contributed by atoms with Crippen LogP contribution < -0.4 is 10.1 Å². The van der Waals surface area contributed by atoms with Gasteiger partial charge in [-0.05, 0) is 50.5 Å². The first-order valence-electron chi connectivity index (χ1n) is 8.63. The highest BCUT2D eigenvalue weighted by Gasteiger charge is 2.23. The maximum atomic E-state index is 12.1. The van der Waals surface area contributed by atoms with Crippen molar-refractivity contribution in [3.05, 3.63) is 23.5 Å². The molecule has 2 aliphatic carbocycles. The van der Waals surface area contributed by atoms with Gasteiger partial charge in [0, 0.05) is 23.5 Å². The van der Waals surface area contributed by atoms with Gasteiger partial charge in [-0.2, -0.15) is 0 Å². The maximum absolute atomic E-state index is 12.1. The highest BCUT2D eigenvalue weighted by Crippen LogP contribution is 2.28. The molecule has 1 fully saturated rings. The molecule has 22 heavy (non-hydrogen) atoms. The van der Waals surface area contributed by atoms with Crippen LogP contribution in [-0.4, -0.2) is 23.5 Å². The number of hydrogen-bond acceptors (Lipinski definition) is 3. The van der Waals surface area contributed by atoms with Crippen LogP contribution in [0.1, 0.15) is 56.7 Å². The average molecular weight is 302 g/mol. The van der Waals surface area contributed by atoms with Crippen molar-refractivity contribution in [3.8, 4) is 5.75 Å². The number of fused-ring (bicyclic) bond motifs is 1. The molecule has 0 saturated heterocycles. The van der Waals surface area contributed by atoms with E-state index in [1.165, 1.54) is 37.7 Å². The van der Waals surface area contributed by atoms with Gasteiger partial charge in [0.05, 0.1) is 0 Å². The number of aryl methyl sites for hydroxylation is 1. The van der Waals surface area contributed by atoms with E-state index in [-0.39, 0.29) is 12.5 Å². The lowest BCUT2D eigenvalue weighted by molar-refractivity contribution is -0.124. The number of carbonyl (C=O) groups excluding carboxylic acids is 1. The third-order valence-electron chi connectivity index (χ3n) is 5.01. The van der Waals surface area contributed by atoms with Crippen LogP contribution in [0.2, 0.25) is 0 Å². The minimum Gasteiger partial charge on any atom is -0.483 e. The fourth-order valence-corrected chi connectivity index (χ4v) is 3.65. The summed E-state index contributed by atoms with van der Waals surface area (Å²) in [4.78, 5) is 16.6. The Morgan fingerprint density at radius 2 is 2.09 bits per heavy atom. The standard InChI is InChI=1S/C18H26N2O2/c1-13-6-2-4-8-15(13)20-18(21)12-22-17-10-11-19-16-9-5-3-7-14(16)17/h10-11,13,15H,2-9,12H2,1H3,(H,20,21). The number of nitrogens with one attached hydrogen (secondary N) is 1. The van der Waals surface area contributed by atoms with Crippen molar-refractivity contribution in [2.45, 2.75) is 64.3 Å². The summed E-state index contributed by atoms with van der Waals surface area (Å²) in [7, 11) is 0. The van der Waals surface area contributed by atoms with E-state index in [2.05, 4.69) is 17.2 Å². The Balaban J connectivity index is 1.55. The Morgan fingerprint density at radius 3 is 2.95 bits per heavy atom. The Bertz CT molecular complexity index is 530. The van der Waals surface area contributed by atoms with Crippen molar-refractivity contribution < 1.29 is 9.53 Å². The minimum absolute atomic E-state index is 0.000113. The molecule has 2 atom stereocenters. The second kappa shape index (κ2) is 7.12. The Kier molecular flexibility index (Phi) is 4.96. The number of aromatic nitrogens is 1. The molecule has 1 saturated carbocycles. The Hall–Kier alpha value is -1.58. The molecule has 2 unspecified atom stereocenters. The maximum Gasteiger partial charge on any atom is 0.258 e. The molecule has 1 aromatic rings. The van der Waals surface area contributed by atoms with Gasteiger partial charge in [-0.1, -0.05) is 19.8 Å². The Morgan fingerprint density at radius 1 is 1.27 bits per heavy atom. The first-order chi connectivity index (χ1) is 10.7. The van der Waals surface area contributed by atoms with Crippen LogP contribution in [0.3, 0.4) is 0 Å². The zero-order valence-corrected chi connectivity index (χ0v) is 13.4. The van der Waals surface area contributed by atoms with Crippen LogP contribution in [-0.2, 0) is 17.6 Å². The molecule has 3 rings (SSSR count). The van der Waals surface area contributed by atoms with E-state index in [0.717, 1.165) is 30.7 Å². The number of hydrogen-bond donors (Lipinski definition) is 1. The van der Waals surface area contributed by atoms with Gasteiger partial charge in [0.2, 0.25) is 0 Å². The lowest BCUT2D eigenvalue weighted by Crippen LogP contribution is -2.43. The second-order valence-electron chi connectivity index (χ2n) is 6.67. The molecule has 2 aliphatic rings. The summed E-state index contributed by atoms with van der Waals surface area (Å²) in [6, 6.07) is 2.21. The molecule has 4 nitrogen and oxygen atoms in total. The molecule has 1 heterocycles. The molecule has 0 spiro atoms. The van der Waals surface area contributed by atoms with E-state index in [1.54, 1.807) is 6.20 Å². The van der Waals surface area contributed by atoms with E-state index >= 15 is 0 Å². The fourth-order valence-electron chi connectivity index (χ4n) is 3.65. The van der Waals surface area contributed by atoms with Gasteiger partial charge in [-0.25, -0.2) is 0 Å². The van der Waals surface area contributed by atoms with Crippen molar-refractivity contribution in [2.75, 3.05) is 6.61 Å². The highest BCUT2D eigenvalue weighted by molar-refractivity contribution is 5.77. The number of ether oxygens (including phenoxy) is 1. The van der Waals surface area contributed by atoms with Gasteiger partial charge in [0.15, 0.2) is 6.61 Å². The van der Waals surface area contributed by atoms with Crippen molar-refractivity contribution >= 4 is 5.91 Å². The van der Waals surface area contributed by atoms with Crippen molar-refractivity contribution in [3.63, 3.8) is 0 Å². The topological polar surface area (TPSA) is 51.2 Å². The van der Waals surface area contributed by atoms with Gasteiger partial charge in [0.1, 0.15) is 5.75 Å². The average Bonchev–Trinajstić information content (AvgIpc) is 2.55. The summed E-state index contributed by atoms with van der Waals surface area (Å²) in [5, 5.41) is 3.14. The number of amides is 1. The summed E-state index contributed by atoms with van der Waals surface area (Å²) in [6.07, 6.45) is 11.0. The normalized spacial score (nSPS) is 24.4.